The van der Waals surface area contributed by atoms with Crippen LogP contribution in [-0.2, 0) is 11.2 Å². The first-order valence-electron chi connectivity index (χ1n) is 6.65. The fourth-order valence-corrected chi connectivity index (χ4v) is 2.23. The first-order chi connectivity index (χ1) is 9.56. The van der Waals surface area contributed by atoms with Crippen LogP contribution in [0.25, 0.3) is 0 Å². The van der Waals surface area contributed by atoms with E-state index in [1.807, 2.05) is 62.4 Å². The number of aryl methyl sites for hydroxylation is 1. The zero-order valence-electron chi connectivity index (χ0n) is 11.7. The lowest BCUT2D eigenvalue weighted by molar-refractivity contribution is -0.121. The fraction of sp³-hybridized carbons (Fsp3) is 0.235. The van der Waals surface area contributed by atoms with Crippen molar-refractivity contribution < 1.29 is 4.79 Å². The van der Waals surface area contributed by atoms with Crippen molar-refractivity contribution >= 4 is 17.5 Å². The molecule has 2 nitrogen and oxygen atoms in total. The van der Waals surface area contributed by atoms with Crippen molar-refractivity contribution in [1.29, 1.82) is 0 Å². The van der Waals surface area contributed by atoms with Crippen molar-refractivity contribution in [2.75, 3.05) is 0 Å². The van der Waals surface area contributed by atoms with Gasteiger partial charge in [-0.2, -0.15) is 0 Å². The van der Waals surface area contributed by atoms with E-state index >= 15 is 0 Å². The van der Waals surface area contributed by atoms with Gasteiger partial charge in [-0.25, -0.2) is 0 Å². The minimum Gasteiger partial charge on any atom is -0.349 e. The van der Waals surface area contributed by atoms with Crippen LogP contribution in [0, 0.1) is 6.92 Å². The van der Waals surface area contributed by atoms with Crippen molar-refractivity contribution in [3.05, 3.63) is 70.2 Å². The van der Waals surface area contributed by atoms with Gasteiger partial charge < -0.3 is 5.32 Å². The Bertz CT molecular complexity index is 592. The normalized spacial score (nSPS) is 11.9. The van der Waals surface area contributed by atoms with Crippen molar-refractivity contribution in [2.45, 2.75) is 26.3 Å². The number of benzene rings is 2. The van der Waals surface area contributed by atoms with Gasteiger partial charge >= 0.3 is 0 Å². The molecule has 2 rings (SSSR count). The van der Waals surface area contributed by atoms with Gasteiger partial charge in [0.25, 0.3) is 0 Å². The molecule has 0 fully saturated rings. The lowest BCUT2D eigenvalue weighted by Gasteiger charge is -2.15. The van der Waals surface area contributed by atoms with Crippen LogP contribution in [0.15, 0.2) is 48.5 Å². The van der Waals surface area contributed by atoms with E-state index in [0.29, 0.717) is 11.4 Å². The Kier molecular flexibility index (Phi) is 4.80. The fourth-order valence-electron chi connectivity index (χ4n) is 2.11. The van der Waals surface area contributed by atoms with Crippen LogP contribution in [0.3, 0.4) is 0 Å². The minimum absolute atomic E-state index is 0.0243. The summed E-state index contributed by atoms with van der Waals surface area (Å²) in [6.07, 6.45) is 0.407. The maximum Gasteiger partial charge on any atom is 0.224 e. The summed E-state index contributed by atoms with van der Waals surface area (Å²) < 4.78 is 0. The molecule has 0 aliphatic rings. The first-order valence-corrected chi connectivity index (χ1v) is 7.03. The van der Waals surface area contributed by atoms with Crippen LogP contribution in [0.1, 0.15) is 29.7 Å². The van der Waals surface area contributed by atoms with Gasteiger partial charge in [0.1, 0.15) is 0 Å². The number of carbonyl (C=O) groups is 1. The number of hydrogen-bond acceptors (Lipinski definition) is 1. The predicted molar refractivity (Wildman–Crippen MR) is 82.9 cm³/mol. The van der Waals surface area contributed by atoms with Crippen LogP contribution in [0.5, 0.6) is 0 Å². The first kappa shape index (κ1) is 14.6. The molecule has 1 N–H and O–H groups in total. The van der Waals surface area contributed by atoms with Gasteiger partial charge in [-0.3, -0.25) is 4.79 Å². The molecule has 0 radical (unpaired) electrons. The second kappa shape index (κ2) is 6.58. The van der Waals surface area contributed by atoms with Crippen LogP contribution < -0.4 is 5.32 Å². The van der Waals surface area contributed by atoms with Crippen molar-refractivity contribution in [3.63, 3.8) is 0 Å². The maximum atomic E-state index is 12.1. The van der Waals surface area contributed by atoms with E-state index in [1.165, 1.54) is 0 Å². The Hall–Kier alpha value is -1.80. The Morgan fingerprint density at radius 2 is 1.80 bits per heavy atom. The Labute approximate surface area is 124 Å². The molecule has 20 heavy (non-hydrogen) atoms. The quantitative estimate of drug-likeness (QED) is 0.902. The van der Waals surface area contributed by atoms with E-state index in [-0.39, 0.29) is 11.9 Å². The third kappa shape index (κ3) is 3.84. The third-order valence-electron chi connectivity index (χ3n) is 3.36. The largest absolute Gasteiger partial charge is 0.349 e. The molecule has 3 heteroatoms. The summed E-state index contributed by atoms with van der Waals surface area (Å²) in [5, 5.41) is 3.71. The predicted octanol–water partition coefficient (Wildman–Crippen LogP) is 4.07. The zero-order valence-corrected chi connectivity index (χ0v) is 12.4. The van der Waals surface area contributed by atoms with Crippen molar-refractivity contribution in [2.24, 2.45) is 0 Å². The molecule has 0 aromatic heterocycles. The molecule has 2 aromatic carbocycles. The van der Waals surface area contributed by atoms with E-state index in [2.05, 4.69) is 5.32 Å². The van der Waals surface area contributed by atoms with E-state index in [4.69, 9.17) is 11.6 Å². The number of hydrogen-bond donors (Lipinski definition) is 1. The van der Waals surface area contributed by atoms with Gasteiger partial charge in [-0.1, -0.05) is 48.0 Å². The Morgan fingerprint density at radius 3 is 2.45 bits per heavy atom. The minimum atomic E-state index is -0.0243. The van der Waals surface area contributed by atoms with Crippen molar-refractivity contribution in [1.82, 2.24) is 5.32 Å². The van der Waals surface area contributed by atoms with Gasteiger partial charge in [0.2, 0.25) is 5.91 Å². The summed E-state index contributed by atoms with van der Waals surface area (Å²) in [5.74, 6) is 0.0294. The zero-order chi connectivity index (χ0) is 14.5. The van der Waals surface area contributed by atoms with E-state index in [0.717, 1.165) is 16.7 Å². The molecule has 0 aliphatic heterocycles. The lowest BCUT2D eigenvalue weighted by atomic mass is 10.0. The maximum absolute atomic E-state index is 12.1. The van der Waals surface area contributed by atoms with Gasteiger partial charge in [0.15, 0.2) is 0 Å². The number of rotatable bonds is 4. The number of halogens is 1. The Morgan fingerprint density at radius 1 is 1.15 bits per heavy atom. The second-order valence-corrected chi connectivity index (χ2v) is 5.38. The van der Waals surface area contributed by atoms with Gasteiger partial charge in [0.05, 0.1) is 12.5 Å². The van der Waals surface area contributed by atoms with E-state index in [9.17, 15) is 4.79 Å². The number of amides is 1. The van der Waals surface area contributed by atoms with Crippen LogP contribution in [0.2, 0.25) is 5.02 Å². The highest BCUT2D eigenvalue weighted by atomic mass is 35.5. The molecule has 0 spiro atoms. The third-order valence-corrected chi connectivity index (χ3v) is 3.61. The van der Waals surface area contributed by atoms with Crippen LogP contribution in [0.4, 0.5) is 0 Å². The van der Waals surface area contributed by atoms with Gasteiger partial charge in [-0.15, -0.1) is 0 Å². The highest BCUT2D eigenvalue weighted by Gasteiger charge is 2.10. The molecule has 1 amide bonds. The van der Waals surface area contributed by atoms with Gasteiger partial charge in [0, 0.05) is 5.02 Å². The van der Waals surface area contributed by atoms with E-state index in [1.54, 1.807) is 0 Å². The summed E-state index contributed by atoms with van der Waals surface area (Å²) >= 11 is 5.86. The van der Waals surface area contributed by atoms with Crippen LogP contribution in [-0.4, -0.2) is 5.91 Å². The molecule has 1 unspecified atom stereocenters. The van der Waals surface area contributed by atoms with E-state index < -0.39 is 0 Å². The standard InChI is InChI=1S/C17H18ClNO/c1-12-5-3-4-6-15(12)11-17(20)19-13(2)14-7-9-16(18)10-8-14/h3-10,13H,11H2,1-2H3,(H,19,20). The molecular weight excluding hydrogens is 270 g/mol. The molecule has 0 bridgehead atoms. The molecule has 1 atom stereocenters. The number of nitrogens with one attached hydrogen (secondary N) is 1. The average Bonchev–Trinajstić information content (AvgIpc) is 2.42. The summed E-state index contributed by atoms with van der Waals surface area (Å²) in [6, 6.07) is 15.5. The SMILES string of the molecule is Cc1ccccc1CC(=O)NC(C)c1ccc(Cl)cc1. The summed E-state index contributed by atoms with van der Waals surface area (Å²) in [6.45, 7) is 3.99. The molecule has 2 aromatic rings. The highest BCUT2D eigenvalue weighted by molar-refractivity contribution is 6.30. The second-order valence-electron chi connectivity index (χ2n) is 4.94. The molecule has 0 saturated carbocycles. The molecule has 104 valence electrons. The highest BCUT2D eigenvalue weighted by Crippen LogP contribution is 2.16. The lowest BCUT2D eigenvalue weighted by Crippen LogP contribution is -2.28. The number of carbonyl (C=O) groups excluding carboxylic acids is 1. The Balaban J connectivity index is 1.98. The van der Waals surface area contributed by atoms with Crippen molar-refractivity contribution in [3.8, 4) is 0 Å². The average molecular weight is 288 g/mol. The smallest absolute Gasteiger partial charge is 0.224 e. The molecular formula is C17H18ClNO. The molecule has 0 heterocycles. The summed E-state index contributed by atoms with van der Waals surface area (Å²) in [5.41, 5.74) is 3.25. The van der Waals surface area contributed by atoms with Crippen LogP contribution >= 0.6 is 11.6 Å². The molecule has 0 aliphatic carbocycles. The van der Waals surface area contributed by atoms with Gasteiger partial charge in [-0.05, 0) is 42.7 Å². The topological polar surface area (TPSA) is 29.1 Å². The summed E-state index contributed by atoms with van der Waals surface area (Å²) in [4.78, 5) is 12.1. The summed E-state index contributed by atoms with van der Waals surface area (Å²) in [7, 11) is 0. The monoisotopic (exact) mass is 287 g/mol. The molecule has 0 saturated heterocycles.